The number of esters is 1. The Balaban J connectivity index is 1.73. The third-order valence-electron chi connectivity index (χ3n) is 5.49. The molecule has 0 unspecified atom stereocenters. The monoisotopic (exact) mass is 408 g/mol. The van der Waals surface area contributed by atoms with Crippen LogP contribution in [0.25, 0.3) is 4.85 Å². The number of hydrogen-bond acceptors (Lipinski definition) is 5. The Labute approximate surface area is 178 Å². The van der Waals surface area contributed by atoms with Crippen LogP contribution < -0.4 is 9.47 Å². The lowest BCUT2D eigenvalue weighted by molar-refractivity contribution is -0.144. The van der Waals surface area contributed by atoms with Crippen molar-refractivity contribution >= 4 is 5.97 Å². The molecule has 0 amide bonds. The molecule has 2 aromatic carbocycles. The first-order valence-corrected chi connectivity index (χ1v) is 10.2. The molecular formula is C24H28N2O4. The minimum atomic E-state index is -0.623. The van der Waals surface area contributed by atoms with E-state index in [-0.39, 0.29) is 12.5 Å². The number of nitrogens with zero attached hydrogens (tertiary/aromatic N) is 2. The largest absolute Gasteiger partial charge is 0.493 e. The van der Waals surface area contributed by atoms with Gasteiger partial charge in [0.1, 0.15) is 6.61 Å². The number of carbonyl (C=O) groups excluding carboxylic acids is 1. The number of methoxy groups -OCH3 is 1. The van der Waals surface area contributed by atoms with E-state index in [4.69, 9.17) is 20.8 Å². The van der Waals surface area contributed by atoms with Gasteiger partial charge in [0.2, 0.25) is 0 Å². The van der Waals surface area contributed by atoms with Crippen molar-refractivity contribution in [3.8, 4) is 11.5 Å². The van der Waals surface area contributed by atoms with Gasteiger partial charge in [-0.2, -0.15) is 0 Å². The number of hydrogen-bond donors (Lipinski definition) is 0. The minimum Gasteiger partial charge on any atom is -0.493 e. The molecule has 1 aliphatic rings. The third-order valence-corrected chi connectivity index (χ3v) is 5.49. The molecule has 158 valence electrons. The summed E-state index contributed by atoms with van der Waals surface area (Å²) in [5, 5.41) is 0. The van der Waals surface area contributed by atoms with E-state index in [0.717, 1.165) is 11.1 Å². The normalized spacial score (nSPS) is 15.8. The van der Waals surface area contributed by atoms with Crippen LogP contribution in [-0.4, -0.2) is 44.2 Å². The number of benzene rings is 2. The van der Waals surface area contributed by atoms with Crippen molar-refractivity contribution in [3.05, 3.63) is 71.1 Å². The molecule has 0 spiro atoms. The van der Waals surface area contributed by atoms with Gasteiger partial charge in [-0.05, 0) is 30.7 Å². The summed E-state index contributed by atoms with van der Waals surface area (Å²) < 4.78 is 16.5. The molecule has 2 aromatic rings. The fourth-order valence-corrected chi connectivity index (χ4v) is 3.75. The Morgan fingerprint density at radius 1 is 1.13 bits per heavy atom. The Hall–Kier alpha value is -3.04. The van der Waals surface area contributed by atoms with E-state index >= 15 is 0 Å². The van der Waals surface area contributed by atoms with Crippen molar-refractivity contribution in [2.45, 2.75) is 31.9 Å². The van der Waals surface area contributed by atoms with E-state index in [0.29, 0.717) is 50.6 Å². The molecule has 6 nitrogen and oxygen atoms in total. The van der Waals surface area contributed by atoms with Crippen LogP contribution in [-0.2, 0) is 21.7 Å². The van der Waals surface area contributed by atoms with Crippen LogP contribution in [0.4, 0.5) is 0 Å². The zero-order valence-corrected chi connectivity index (χ0v) is 17.6. The smallest absolute Gasteiger partial charge is 0.320 e. The predicted molar refractivity (Wildman–Crippen MR) is 114 cm³/mol. The fourth-order valence-electron chi connectivity index (χ4n) is 3.75. The summed E-state index contributed by atoms with van der Waals surface area (Å²) in [5.41, 5.74) is 1.37. The van der Waals surface area contributed by atoms with Crippen molar-refractivity contribution in [1.82, 2.24) is 4.90 Å². The minimum absolute atomic E-state index is 0.214. The summed E-state index contributed by atoms with van der Waals surface area (Å²) in [6.45, 7) is 12.1. The van der Waals surface area contributed by atoms with Crippen molar-refractivity contribution in [3.63, 3.8) is 0 Å². The molecule has 0 atom stereocenters. The van der Waals surface area contributed by atoms with Crippen molar-refractivity contribution in [1.29, 1.82) is 0 Å². The standard InChI is InChI=1S/C24H28N2O4/c1-4-29-23(27)17-26-14-12-24(25-2,13-15-26)20-10-11-21(28-3)22(16-20)30-18-19-8-6-5-7-9-19/h5-11,16H,4,12-15,17-18H2,1,3H3. The summed E-state index contributed by atoms with van der Waals surface area (Å²) in [6.07, 6.45) is 1.31. The van der Waals surface area contributed by atoms with Crippen LogP contribution in [0.2, 0.25) is 0 Å². The average Bonchev–Trinajstić information content (AvgIpc) is 2.79. The van der Waals surface area contributed by atoms with Crippen LogP contribution in [0, 0.1) is 6.57 Å². The van der Waals surface area contributed by atoms with Crippen LogP contribution in [0.3, 0.4) is 0 Å². The molecule has 6 heteroatoms. The van der Waals surface area contributed by atoms with Crippen molar-refractivity contribution < 1.29 is 19.0 Å². The maximum Gasteiger partial charge on any atom is 0.320 e. The molecule has 0 aromatic heterocycles. The van der Waals surface area contributed by atoms with Gasteiger partial charge in [-0.25, -0.2) is 6.57 Å². The van der Waals surface area contributed by atoms with Crippen LogP contribution in [0.1, 0.15) is 30.9 Å². The first kappa shape index (κ1) is 21.7. The maximum atomic E-state index is 11.8. The Morgan fingerprint density at radius 2 is 1.87 bits per heavy atom. The Kier molecular flexibility index (Phi) is 7.31. The van der Waals surface area contributed by atoms with E-state index in [2.05, 4.69) is 9.74 Å². The van der Waals surface area contributed by atoms with Crippen LogP contribution >= 0.6 is 0 Å². The van der Waals surface area contributed by atoms with E-state index < -0.39 is 5.54 Å². The highest BCUT2D eigenvalue weighted by atomic mass is 16.5. The SMILES string of the molecule is [C-]#[N+]C1(c2ccc(OC)c(OCc3ccccc3)c2)CCN(CC(=O)OCC)CC1. The van der Waals surface area contributed by atoms with Gasteiger partial charge in [0.05, 0.1) is 20.3 Å². The van der Waals surface area contributed by atoms with Gasteiger partial charge < -0.3 is 19.1 Å². The fraction of sp³-hybridized carbons (Fsp3) is 0.417. The summed E-state index contributed by atoms with van der Waals surface area (Å²) in [5.74, 6) is 1.07. The number of ether oxygens (including phenoxy) is 3. The molecule has 0 radical (unpaired) electrons. The lowest BCUT2D eigenvalue weighted by Crippen LogP contribution is -2.43. The summed E-state index contributed by atoms with van der Waals surface area (Å²) in [7, 11) is 1.61. The zero-order valence-electron chi connectivity index (χ0n) is 17.6. The molecule has 0 bridgehead atoms. The maximum absolute atomic E-state index is 11.8. The van der Waals surface area contributed by atoms with Gasteiger partial charge in [0.15, 0.2) is 11.5 Å². The molecule has 1 aliphatic heterocycles. The number of likely N-dealkylation sites (tertiary alicyclic amines) is 1. The molecule has 0 saturated carbocycles. The highest BCUT2D eigenvalue weighted by Gasteiger charge is 2.43. The first-order chi connectivity index (χ1) is 14.6. The molecule has 0 N–H and O–H groups in total. The van der Waals surface area contributed by atoms with Crippen LogP contribution in [0.5, 0.6) is 11.5 Å². The second kappa shape index (κ2) is 10.1. The van der Waals surface area contributed by atoms with Gasteiger partial charge >= 0.3 is 5.97 Å². The van der Waals surface area contributed by atoms with Gasteiger partial charge in [-0.15, -0.1) is 0 Å². The number of piperidine rings is 1. The second-order valence-electron chi connectivity index (χ2n) is 7.36. The zero-order chi connectivity index (χ0) is 21.4. The Morgan fingerprint density at radius 3 is 2.50 bits per heavy atom. The predicted octanol–water partition coefficient (Wildman–Crippen LogP) is 4.05. The van der Waals surface area contributed by atoms with Crippen molar-refractivity contribution in [2.24, 2.45) is 0 Å². The van der Waals surface area contributed by atoms with Crippen LogP contribution in [0.15, 0.2) is 48.5 Å². The molecular weight excluding hydrogens is 380 g/mol. The summed E-state index contributed by atoms with van der Waals surface area (Å²) in [4.78, 5) is 17.8. The van der Waals surface area contributed by atoms with Gasteiger partial charge in [0.25, 0.3) is 5.54 Å². The number of rotatable bonds is 8. The molecule has 3 rings (SSSR count). The quantitative estimate of drug-likeness (QED) is 0.487. The second-order valence-corrected chi connectivity index (χ2v) is 7.36. The third kappa shape index (κ3) is 5.11. The van der Waals surface area contributed by atoms with Gasteiger partial charge in [-0.3, -0.25) is 9.69 Å². The van der Waals surface area contributed by atoms with Crippen molar-refractivity contribution in [2.75, 3.05) is 33.4 Å². The van der Waals surface area contributed by atoms with Gasteiger partial charge in [0, 0.05) is 31.5 Å². The Bertz CT molecular complexity index is 884. The lowest BCUT2D eigenvalue weighted by atomic mass is 9.81. The average molecular weight is 408 g/mol. The van der Waals surface area contributed by atoms with Gasteiger partial charge in [-0.1, -0.05) is 30.3 Å². The lowest BCUT2D eigenvalue weighted by Gasteiger charge is -2.33. The van der Waals surface area contributed by atoms with E-state index in [9.17, 15) is 4.79 Å². The molecule has 1 heterocycles. The summed E-state index contributed by atoms with van der Waals surface area (Å²) in [6, 6.07) is 15.7. The summed E-state index contributed by atoms with van der Waals surface area (Å²) >= 11 is 0. The molecule has 1 saturated heterocycles. The molecule has 30 heavy (non-hydrogen) atoms. The highest BCUT2D eigenvalue weighted by molar-refractivity contribution is 5.71. The molecule has 0 aliphatic carbocycles. The molecule has 1 fully saturated rings. The topological polar surface area (TPSA) is 52.4 Å². The van der Waals surface area contributed by atoms with E-state index in [1.165, 1.54) is 0 Å². The first-order valence-electron chi connectivity index (χ1n) is 10.2. The van der Waals surface area contributed by atoms with E-state index in [1.807, 2.05) is 48.5 Å². The van der Waals surface area contributed by atoms with E-state index in [1.54, 1.807) is 14.0 Å². The highest BCUT2D eigenvalue weighted by Crippen LogP contribution is 2.41. The number of carbonyl (C=O) groups is 1.